The number of hydrogen-bond acceptors (Lipinski definition) is 3. The lowest BCUT2D eigenvalue weighted by molar-refractivity contribution is 0.0662. The Hall–Kier alpha value is -1.08. The van der Waals surface area contributed by atoms with E-state index in [1.807, 2.05) is 6.07 Å². The first-order chi connectivity index (χ1) is 7.99. The van der Waals surface area contributed by atoms with Gasteiger partial charge >= 0.3 is 5.97 Å². The lowest BCUT2D eigenvalue weighted by Crippen LogP contribution is -1.95. The van der Waals surface area contributed by atoms with Gasteiger partial charge < -0.3 is 9.52 Å². The van der Waals surface area contributed by atoms with Crippen LogP contribution in [0, 0.1) is 10.5 Å². The Labute approximate surface area is 116 Å². The fraction of sp³-hybridized carbons (Fsp3) is 0.0909. The highest BCUT2D eigenvalue weighted by atomic mass is 127. The molecule has 0 saturated carbocycles. The molecule has 17 heavy (non-hydrogen) atoms. The van der Waals surface area contributed by atoms with Crippen molar-refractivity contribution in [2.45, 2.75) is 6.92 Å². The van der Waals surface area contributed by atoms with Crippen molar-refractivity contribution in [2.75, 3.05) is 0 Å². The van der Waals surface area contributed by atoms with Crippen LogP contribution in [0.25, 0.3) is 11.5 Å². The number of nitrogens with zero attached hydrogens (tertiary/aromatic N) is 1. The third kappa shape index (κ3) is 2.44. The number of carboxylic acids is 1. The molecular weight excluding hydrogens is 356 g/mol. The predicted molar refractivity (Wildman–Crippen MR) is 71.4 cm³/mol. The second-order valence-electron chi connectivity index (χ2n) is 3.36. The first-order valence-corrected chi connectivity index (χ1v) is 6.11. The Morgan fingerprint density at radius 1 is 1.53 bits per heavy atom. The summed E-state index contributed by atoms with van der Waals surface area (Å²) in [6, 6.07) is 5.26. The quantitative estimate of drug-likeness (QED) is 0.828. The molecule has 0 aliphatic rings. The van der Waals surface area contributed by atoms with Gasteiger partial charge in [0.15, 0.2) is 0 Å². The van der Waals surface area contributed by atoms with Gasteiger partial charge in [-0.05, 0) is 47.7 Å². The summed E-state index contributed by atoms with van der Waals surface area (Å²) in [6.45, 7) is 1.59. The fourth-order valence-corrected chi connectivity index (χ4v) is 2.11. The topological polar surface area (TPSA) is 63.3 Å². The van der Waals surface area contributed by atoms with Crippen molar-refractivity contribution in [3.63, 3.8) is 0 Å². The molecule has 0 fully saturated rings. The number of oxazole rings is 1. The van der Waals surface area contributed by atoms with E-state index in [2.05, 4.69) is 27.6 Å². The molecular formula is C11H7ClINO3. The van der Waals surface area contributed by atoms with Gasteiger partial charge in [0.05, 0.1) is 11.3 Å². The number of aryl methyl sites for hydroxylation is 1. The second kappa shape index (κ2) is 4.66. The van der Waals surface area contributed by atoms with E-state index in [4.69, 9.17) is 21.1 Å². The summed E-state index contributed by atoms with van der Waals surface area (Å²) < 4.78 is 6.12. The Morgan fingerprint density at radius 2 is 2.24 bits per heavy atom. The number of benzene rings is 1. The number of rotatable bonds is 2. The maximum Gasteiger partial charge on any atom is 0.373 e. The summed E-state index contributed by atoms with van der Waals surface area (Å²) in [6.07, 6.45) is 0. The molecule has 0 amide bonds. The van der Waals surface area contributed by atoms with Gasteiger partial charge in [-0.15, -0.1) is 0 Å². The largest absolute Gasteiger partial charge is 0.475 e. The van der Waals surface area contributed by atoms with Crippen LogP contribution in [0.5, 0.6) is 0 Å². The zero-order valence-electron chi connectivity index (χ0n) is 8.70. The van der Waals surface area contributed by atoms with Gasteiger partial charge in [-0.2, -0.15) is 0 Å². The van der Waals surface area contributed by atoms with Crippen molar-refractivity contribution in [1.82, 2.24) is 4.98 Å². The SMILES string of the molecule is Cc1nc(-c2cc(Cl)ccc2I)oc1C(=O)O. The zero-order chi connectivity index (χ0) is 12.6. The summed E-state index contributed by atoms with van der Waals surface area (Å²) >= 11 is 8.00. The van der Waals surface area contributed by atoms with E-state index in [1.54, 1.807) is 19.1 Å². The van der Waals surface area contributed by atoms with Gasteiger partial charge in [-0.1, -0.05) is 11.6 Å². The van der Waals surface area contributed by atoms with Gasteiger partial charge in [0.1, 0.15) is 0 Å². The highest BCUT2D eigenvalue weighted by molar-refractivity contribution is 14.1. The molecule has 0 radical (unpaired) electrons. The van der Waals surface area contributed by atoms with Crippen LogP contribution in [-0.2, 0) is 0 Å². The Morgan fingerprint density at radius 3 is 2.82 bits per heavy atom. The molecule has 0 spiro atoms. The minimum absolute atomic E-state index is 0.143. The molecule has 1 aromatic carbocycles. The summed E-state index contributed by atoms with van der Waals surface area (Å²) in [7, 11) is 0. The molecule has 1 aromatic heterocycles. The zero-order valence-corrected chi connectivity index (χ0v) is 11.6. The molecule has 6 heteroatoms. The normalized spacial score (nSPS) is 10.5. The van der Waals surface area contributed by atoms with E-state index in [-0.39, 0.29) is 11.7 Å². The summed E-state index contributed by atoms with van der Waals surface area (Å²) in [5, 5.41) is 9.44. The molecule has 2 aromatic rings. The van der Waals surface area contributed by atoms with Crippen LogP contribution >= 0.6 is 34.2 Å². The van der Waals surface area contributed by atoms with Crippen LogP contribution in [-0.4, -0.2) is 16.1 Å². The van der Waals surface area contributed by atoms with E-state index >= 15 is 0 Å². The first-order valence-electron chi connectivity index (χ1n) is 4.65. The molecule has 0 aliphatic carbocycles. The number of carboxylic acid groups (broad SMARTS) is 1. The molecule has 0 unspecified atom stereocenters. The minimum atomic E-state index is -1.13. The number of aromatic nitrogens is 1. The maximum absolute atomic E-state index is 10.9. The number of aromatic carboxylic acids is 1. The first kappa shape index (κ1) is 12.4. The standard InChI is InChI=1S/C11H7ClINO3/c1-5-9(11(15)16)17-10(14-5)7-4-6(12)2-3-8(7)13/h2-4H,1H3,(H,15,16). The van der Waals surface area contributed by atoms with E-state index in [0.717, 1.165) is 3.57 Å². The molecule has 88 valence electrons. The predicted octanol–water partition coefficient (Wildman–Crippen LogP) is 3.61. The van der Waals surface area contributed by atoms with E-state index < -0.39 is 5.97 Å². The van der Waals surface area contributed by atoms with Crippen LogP contribution in [0.1, 0.15) is 16.2 Å². The van der Waals surface area contributed by atoms with E-state index in [0.29, 0.717) is 16.3 Å². The van der Waals surface area contributed by atoms with Crippen LogP contribution < -0.4 is 0 Å². The van der Waals surface area contributed by atoms with E-state index in [1.165, 1.54) is 0 Å². The molecule has 1 N–H and O–H groups in total. The average Bonchev–Trinajstić information content (AvgIpc) is 2.64. The van der Waals surface area contributed by atoms with Gasteiger partial charge in [-0.3, -0.25) is 0 Å². The third-order valence-electron chi connectivity index (χ3n) is 2.15. The second-order valence-corrected chi connectivity index (χ2v) is 4.96. The van der Waals surface area contributed by atoms with E-state index in [9.17, 15) is 4.79 Å². The van der Waals surface area contributed by atoms with Crippen LogP contribution in [0.3, 0.4) is 0 Å². The Balaban J connectivity index is 2.57. The van der Waals surface area contributed by atoms with Crippen molar-refractivity contribution < 1.29 is 14.3 Å². The fourth-order valence-electron chi connectivity index (χ4n) is 1.37. The smallest absolute Gasteiger partial charge is 0.373 e. The number of hydrogen-bond donors (Lipinski definition) is 1. The molecule has 0 saturated heterocycles. The number of halogens is 2. The van der Waals surface area contributed by atoms with Gasteiger partial charge in [0.2, 0.25) is 11.7 Å². The number of carbonyl (C=O) groups is 1. The third-order valence-corrected chi connectivity index (χ3v) is 3.33. The lowest BCUT2D eigenvalue weighted by atomic mass is 10.2. The Kier molecular flexibility index (Phi) is 3.39. The average molecular weight is 364 g/mol. The van der Waals surface area contributed by atoms with Gasteiger partial charge in [0, 0.05) is 8.59 Å². The van der Waals surface area contributed by atoms with Crippen molar-refractivity contribution in [1.29, 1.82) is 0 Å². The van der Waals surface area contributed by atoms with Crippen LogP contribution in [0.15, 0.2) is 22.6 Å². The molecule has 0 atom stereocenters. The minimum Gasteiger partial charge on any atom is -0.475 e. The summed E-state index contributed by atoms with van der Waals surface area (Å²) in [5.74, 6) is -0.999. The molecule has 0 bridgehead atoms. The van der Waals surface area contributed by atoms with Crippen LogP contribution in [0.4, 0.5) is 0 Å². The molecule has 1 heterocycles. The van der Waals surface area contributed by atoms with Gasteiger partial charge in [0.25, 0.3) is 0 Å². The maximum atomic E-state index is 10.9. The molecule has 4 nitrogen and oxygen atoms in total. The van der Waals surface area contributed by atoms with Crippen molar-refractivity contribution in [3.05, 3.63) is 38.2 Å². The van der Waals surface area contributed by atoms with Crippen molar-refractivity contribution >= 4 is 40.2 Å². The summed E-state index contributed by atoms with van der Waals surface area (Å²) in [4.78, 5) is 14.9. The van der Waals surface area contributed by atoms with Crippen LogP contribution in [0.2, 0.25) is 5.02 Å². The van der Waals surface area contributed by atoms with Crippen molar-refractivity contribution in [2.24, 2.45) is 0 Å². The lowest BCUT2D eigenvalue weighted by Gasteiger charge is -1.99. The summed E-state index contributed by atoms with van der Waals surface area (Å²) in [5.41, 5.74) is 1.04. The molecule has 2 rings (SSSR count). The molecule has 0 aliphatic heterocycles. The monoisotopic (exact) mass is 363 g/mol. The van der Waals surface area contributed by atoms with Crippen molar-refractivity contribution in [3.8, 4) is 11.5 Å². The highest BCUT2D eigenvalue weighted by Crippen LogP contribution is 2.29. The van der Waals surface area contributed by atoms with Gasteiger partial charge in [-0.25, -0.2) is 9.78 Å². The highest BCUT2D eigenvalue weighted by Gasteiger charge is 2.18. The Bertz CT molecular complexity index is 594.